The normalized spacial score (nSPS) is 19.4. The van der Waals surface area contributed by atoms with Crippen molar-refractivity contribution in [2.45, 2.75) is 18.6 Å². The molecule has 1 aromatic rings. The molecule has 0 aliphatic heterocycles. The summed E-state index contributed by atoms with van der Waals surface area (Å²) in [5, 5.41) is 19.2. The highest BCUT2D eigenvalue weighted by Gasteiger charge is 2.16. The molecule has 0 aromatic heterocycles. The predicted octanol–water partition coefficient (Wildman–Crippen LogP) is 2.37. The number of allylic oxidation sites excluding steroid dienone is 5. The lowest BCUT2D eigenvalue weighted by atomic mass is 10.0. The highest BCUT2D eigenvalue weighted by Crippen LogP contribution is 2.26. The first-order valence-corrected chi connectivity index (χ1v) is 8.32. The van der Waals surface area contributed by atoms with Gasteiger partial charge in [-0.05, 0) is 41.5 Å². The van der Waals surface area contributed by atoms with Crippen molar-refractivity contribution in [1.29, 1.82) is 0 Å². The first kappa shape index (κ1) is 20.4. The number of aliphatic hydroxyl groups is 1. The van der Waals surface area contributed by atoms with Crippen LogP contribution in [0.3, 0.4) is 0 Å². The third-order valence-corrected chi connectivity index (χ3v) is 3.93. The molecule has 0 amide bonds. The molecular formula is C21H22O6. The second-order valence-corrected chi connectivity index (χ2v) is 5.92. The zero-order chi connectivity index (χ0) is 19.8. The lowest BCUT2D eigenvalue weighted by Crippen LogP contribution is -2.26. The fourth-order valence-electron chi connectivity index (χ4n) is 2.45. The minimum atomic E-state index is -0.715. The van der Waals surface area contributed by atoms with Crippen molar-refractivity contribution in [3.63, 3.8) is 0 Å². The maximum Gasteiger partial charge on any atom is 0.163 e. The number of aliphatic hydroxyl groups excluding tert-OH is 1. The molecule has 6 nitrogen and oxygen atoms in total. The first-order valence-electron chi connectivity index (χ1n) is 8.32. The number of aromatic hydroxyl groups is 1. The van der Waals surface area contributed by atoms with Crippen LogP contribution in [0, 0.1) is 0 Å². The Morgan fingerprint density at radius 2 is 1.85 bits per heavy atom. The topological polar surface area (TPSA) is 93.1 Å². The number of benzene rings is 1. The summed E-state index contributed by atoms with van der Waals surface area (Å²) in [6, 6.07) is 4.68. The summed E-state index contributed by atoms with van der Waals surface area (Å²) in [4.78, 5) is 23.9. The van der Waals surface area contributed by atoms with Gasteiger partial charge in [0.25, 0.3) is 0 Å². The number of hydrogen-bond acceptors (Lipinski definition) is 6. The Labute approximate surface area is 157 Å². The molecule has 2 atom stereocenters. The number of hydrogen-bond donors (Lipinski definition) is 2. The van der Waals surface area contributed by atoms with Crippen molar-refractivity contribution in [1.82, 2.24) is 0 Å². The van der Waals surface area contributed by atoms with Gasteiger partial charge in [-0.3, -0.25) is 9.59 Å². The summed E-state index contributed by atoms with van der Waals surface area (Å²) in [5.74, 6) is -0.357. The third kappa shape index (κ3) is 6.06. The molecule has 0 spiro atoms. The van der Waals surface area contributed by atoms with E-state index in [9.17, 15) is 19.8 Å². The summed E-state index contributed by atoms with van der Waals surface area (Å²) >= 11 is 0. The van der Waals surface area contributed by atoms with Crippen molar-refractivity contribution in [2.75, 3.05) is 14.2 Å². The number of carbonyl (C=O) groups is 2. The molecule has 142 valence electrons. The van der Waals surface area contributed by atoms with Crippen LogP contribution in [0.15, 0.2) is 60.2 Å². The zero-order valence-corrected chi connectivity index (χ0v) is 15.2. The highest BCUT2D eigenvalue weighted by atomic mass is 16.5. The van der Waals surface area contributed by atoms with Crippen LogP contribution in [0.4, 0.5) is 0 Å². The van der Waals surface area contributed by atoms with E-state index >= 15 is 0 Å². The van der Waals surface area contributed by atoms with E-state index in [1.165, 1.54) is 32.4 Å². The van der Waals surface area contributed by atoms with Crippen LogP contribution in [-0.4, -0.2) is 48.2 Å². The van der Waals surface area contributed by atoms with E-state index in [1.807, 2.05) is 0 Å². The molecule has 0 bridgehead atoms. The fourth-order valence-corrected chi connectivity index (χ4v) is 2.45. The van der Waals surface area contributed by atoms with Gasteiger partial charge in [0.1, 0.15) is 12.2 Å². The van der Waals surface area contributed by atoms with Gasteiger partial charge in [-0.15, -0.1) is 0 Å². The van der Waals surface area contributed by atoms with Crippen LogP contribution in [0.1, 0.15) is 12.0 Å². The maximum atomic E-state index is 11.9. The molecule has 0 saturated carbocycles. The van der Waals surface area contributed by atoms with Gasteiger partial charge in [0.05, 0.1) is 13.5 Å². The van der Waals surface area contributed by atoms with Crippen molar-refractivity contribution >= 4 is 17.6 Å². The van der Waals surface area contributed by atoms with E-state index < -0.39 is 12.2 Å². The Morgan fingerprint density at radius 3 is 2.52 bits per heavy atom. The van der Waals surface area contributed by atoms with Crippen molar-refractivity contribution in [3.05, 3.63) is 65.8 Å². The monoisotopic (exact) mass is 370 g/mol. The van der Waals surface area contributed by atoms with Gasteiger partial charge < -0.3 is 19.7 Å². The Bertz CT molecular complexity index is 816. The number of rotatable bonds is 8. The zero-order valence-electron chi connectivity index (χ0n) is 15.2. The Morgan fingerprint density at radius 1 is 1.15 bits per heavy atom. The summed E-state index contributed by atoms with van der Waals surface area (Å²) in [7, 11) is 2.93. The van der Waals surface area contributed by atoms with Crippen LogP contribution in [-0.2, 0) is 14.3 Å². The van der Waals surface area contributed by atoms with E-state index in [0.717, 1.165) is 5.57 Å². The quantitative estimate of drug-likeness (QED) is 0.539. The third-order valence-electron chi connectivity index (χ3n) is 3.93. The molecule has 2 unspecified atom stereocenters. The van der Waals surface area contributed by atoms with Gasteiger partial charge in [-0.1, -0.05) is 30.4 Å². The summed E-state index contributed by atoms with van der Waals surface area (Å²) < 4.78 is 10.1. The molecule has 6 heteroatoms. The smallest absolute Gasteiger partial charge is 0.163 e. The van der Waals surface area contributed by atoms with Crippen LogP contribution >= 0.6 is 0 Å². The number of ketones is 2. The molecule has 0 fully saturated rings. The summed E-state index contributed by atoms with van der Waals surface area (Å²) in [6.07, 6.45) is 9.32. The first-order chi connectivity index (χ1) is 12.9. The van der Waals surface area contributed by atoms with Gasteiger partial charge in [-0.2, -0.15) is 0 Å². The molecule has 1 aliphatic rings. The Kier molecular flexibility index (Phi) is 7.28. The highest BCUT2D eigenvalue weighted by molar-refractivity contribution is 6.09. The standard InChI is InChI=1S/C21H22O6/c1-26-20-11-14(5-9-18(20)24)3-7-16(22)13-17(23)8-4-15-6-10-19(25)21(12-15)27-2/h3-12,18,20,24-25H,13H2,1-2H3/b7-3+,8-4+. The number of methoxy groups -OCH3 is 2. The Balaban J connectivity index is 1.92. The largest absolute Gasteiger partial charge is 0.504 e. The SMILES string of the molecule is COc1cc(/C=C/C(=O)CC(=O)/C=C/C2=CC(OC)C(O)C=C2)ccc1O. The number of carbonyl (C=O) groups excluding carboxylic acids is 2. The van der Waals surface area contributed by atoms with E-state index in [2.05, 4.69) is 0 Å². The summed E-state index contributed by atoms with van der Waals surface area (Å²) in [5.41, 5.74) is 1.39. The number of phenolic OH excluding ortho intramolecular Hbond substituents is 1. The Hall–Kier alpha value is -2.96. The van der Waals surface area contributed by atoms with Gasteiger partial charge >= 0.3 is 0 Å². The van der Waals surface area contributed by atoms with E-state index in [4.69, 9.17) is 9.47 Å². The molecule has 2 N–H and O–H groups in total. The predicted molar refractivity (Wildman–Crippen MR) is 101 cm³/mol. The lowest BCUT2D eigenvalue weighted by Gasteiger charge is -2.19. The molecule has 0 radical (unpaired) electrons. The maximum absolute atomic E-state index is 11.9. The van der Waals surface area contributed by atoms with Crippen LogP contribution < -0.4 is 4.74 Å². The van der Waals surface area contributed by atoms with Gasteiger partial charge in [0.15, 0.2) is 23.1 Å². The van der Waals surface area contributed by atoms with Crippen LogP contribution in [0.2, 0.25) is 0 Å². The number of ether oxygens (including phenoxy) is 2. The average molecular weight is 370 g/mol. The molecule has 2 rings (SSSR count). The average Bonchev–Trinajstić information content (AvgIpc) is 2.66. The summed E-state index contributed by atoms with van der Waals surface area (Å²) in [6.45, 7) is 0. The van der Waals surface area contributed by atoms with E-state index in [0.29, 0.717) is 11.3 Å². The minimum Gasteiger partial charge on any atom is -0.504 e. The van der Waals surface area contributed by atoms with Crippen LogP contribution in [0.25, 0.3) is 6.08 Å². The second kappa shape index (κ2) is 9.66. The molecule has 0 saturated heterocycles. The van der Waals surface area contributed by atoms with Gasteiger partial charge in [-0.25, -0.2) is 0 Å². The number of phenols is 1. The molecule has 1 aliphatic carbocycles. The van der Waals surface area contributed by atoms with Crippen LogP contribution in [0.5, 0.6) is 11.5 Å². The lowest BCUT2D eigenvalue weighted by molar-refractivity contribution is -0.121. The molecule has 0 heterocycles. The molecule has 27 heavy (non-hydrogen) atoms. The fraction of sp³-hybridized carbons (Fsp3) is 0.238. The molecular weight excluding hydrogens is 348 g/mol. The minimum absolute atomic E-state index is 0.00981. The van der Waals surface area contributed by atoms with E-state index in [1.54, 1.807) is 42.5 Å². The second-order valence-electron chi connectivity index (χ2n) is 5.92. The van der Waals surface area contributed by atoms with Crippen molar-refractivity contribution < 1.29 is 29.3 Å². The molecule has 1 aromatic carbocycles. The van der Waals surface area contributed by atoms with E-state index in [-0.39, 0.29) is 23.7 Å². The van der Waals surface area contributed by atoms with Crippen molar-refractivity contribution in [2.24, 2.45) is 0 Å². The van der Waals surface area contributed by atoms with Gasteiger partial charge in [0, 0.05) is 7.11 Å². The van der Waals surface area contributed by atoms with Gasteiger partial charge in [0.2, 0.25) is 0 Å². The van der Waals surface area contributed by atoms with Crippen molar-refractivity contribution in [3.8, 4) is 11.5 Å².